The van der Waals surface area contributed by atoms with Gasteiger partial charge in [0.25, 0.3) is 0 Å². The molecule has 3 heteroatoms. The summed E-state index contributed by atoms with van der Waals surface area (Å²) in [7, 11) is 0. The van der Waals surface area contributed by atoms with E-state index in [2.05, 4.69) is 11.8 Å². The molecule has 2 atom stereocenters. The number of nitrogens with zero attached hydrogens (tertiary/aromatic N) is 1. The molecule has 1 aliphatic carbocycles. The summed E-state index contributed by atoms with van der Waals surface area (Å²) in [5, 5.41) is 9.32. The van der Waals surface area contributed by atoms with Crippen molar-refractivity contribution in [1.82, 2.24) is 4.90 Å². The average molecular weight is 239 g/mol. The summed E-state index contributed by atoms with van der Waals surface area (Å²) in [6, 6.07) is 0.872. The predicted octanol–water partition coefficient (Wildman–Crippen LogP) is 2.89. The summed E-state index contributed by atoms with van der Waals surface area (Å²) in [5.41, 5.74) is 0. The normalized spacial score (nSPS) is 33.2. The molecule has 1 N–H and O–H groups in total. The van der Waals surface area contributed by atoms with E-state index >= 15 is 0 Å². The zero-order chi connectivity index (χ0) is 12.3. The number of carbonyl (C=O) groups is 1. The molecule has 0 aromatic heterocycles. The second-order valence-corrected chi connectivity index (χ2v) is 5.71. The molecule has 17 heavy (non-hydrogen) atoms. The van der Waals surface area contributed by atoms with Crippen LogP contribution in [0.1, 0.15) is 58.3 Å². The molecule has 0 aromatic rings. The second kappa shape index (κ2) is 5.85. The summed E-state index contributed by atoms with van der Waals surface area (Å²) in [5.74, 6) is -0.750. The molecule has 1 aliphatic heterocycles. The van der Waals surface area contributed by atoms with Gasteiger partial charge < -0.3 is 5.11 Å². The third-order valence-corrected chi connectivity index (χ3v) is 4.65. The Morgan fingerprint density at radius 2 is 1.71 bits per heavy atom. The summed E-state index contributed by atoms with van der Waals surface area (Å²) >= 11 is 0. The summed E-state index contributed by atoms with van der Waals surface area (Å²) < 4.78 is 0. The Morgan fingerprint density at radius 1 is 1.06 bits per heavy atom. The molecule has 0 radical (unpaired) electrons. The fraction of sp³-hybridized carbons (Fsp3) is 0.929. The Balaban J connectivity index is 2.05. The maximum Gasteiger partial charge on any atom is 0.308 e. The van der Waals surface area contributed by atoms with E-state index in [1.165, 1.54) is 38.5 Å². The van der Waals surface area contributed by atoms with Crippen LogP contribution in [0.15, 0.2) is 0 Å². The van der Waals surface area contributed by atoms with Crippen LogP contribution < -0.4 is 0 Å². The fourth-order valence-electron chi connectivity index (χ4n) is 3.59. The summed E-state index contributed by atoms with van der Waals surface area (Å²) in [4.78, 5) is 13.8. The molecular formula is C14H25NO2. The van der Waals surface area contributed by atoms with Crippen molar-refractivity contribution < 1.29 is 9.90 Å². The van der Waals surface area contributed by atoms with E-state index < -0.39 is 5.97 Å². The zero-order valence-electron chi connectivity index (χ0n) is 10.9. The largest absolute Gasteiger partial charge is 0.481 e. The Hall–Kier alpha value is -0.570. The number of aliphatic carboxylic acids is 1. The molecule has 2 fully saturated rings. The van der Waals surface area contributed by atoms with Crippen molar-refractivity contribution in [3.05, 3.63) is 0 Å². The second-order valence-electron chi connectivity index (χ2n) is 5.71. The van der Waals surface area contributed by atoms with Crippen LogP contribution in [0.25, 0.3) is 0 Å². The quantitative estimate of drug-likeness (QED) is 0.805. The highest BCUT2D eigenvalue weighted by Gasteiger charge is 2.34. The highest BCUT2D eigenvalue weighted by Crippen LogP contribution is 2.30. The summed E-state index contributed by atoms with van der Waals surface area (Å²) in [6.07, 6.45) is 9.67. The van der Waals surface area contributed by atoms with Crippen LogP contribution in [0.4, 0.5) is 0 Å². The molecule has 0 spiro atoms. The van der Waals surface area contributed by atoms with Crippen molar-refractivity contribution in [3.63, 3.8) is 0 Å². The number of rotatable bonds is 2. The molecule has 0 unspecified atom stereocenters. The van der Waals surface area contributed by atoms with Gasteiger partial charge in [0.2, 0.25) is 0 Å². The molecular weight excluding hydrogens is 214 g/mol. The van der Waals surface area contributed by atoms with Crippen LogP contribution in [0.3, 0.4) is 0 Å². The van der Waals surface area contributed by atoms with Crippen LogP contribution >= 0.6 is 0 Å². The van der Waals surface area contributed by atoms with Gasteiger partial charge in [0.1, 0.15) is 0 Å². The van der Waals surface area contributed by atoms with Crippen molar-refractivity contribution in [2.45, 2.75) is 70.4 Å². The van der Waals surface area contributed by atoms with E-state index in [-0.39, 0.29) is 12.0 Å². The highest BCUT2D eigenvalue weighted by molar-refractivity contribution is 5.70. The third-order valence-electron chi connectivity index (χ3n) is 4.65. The molecule has 2 rings (SSSR count). The maximum atomic E-state index is 11.3. The van der Waals surface area contributed by atoms with Crippen molar-refractivity contribution in [1.29, 1.82) is 0 Å². The van der Waals surface area contributed by atoms with Gasteiger partial charge in [-0.2, -0.15) is 0 Å². The minimum atomic E-state index is -0.597. The van der Waals surface area contributed by atoms with Crippen molar-refractivity contribution in [2.24, 2.45) is 5.92 Å². The lowest BCUT2D eigenvalue weighted by Gasteiger charge is -2.39. The Kier molecular flexibility index (Phi) is 4.43. The van der Waals surface area contributed by atoms with Gasteiger partial charge in [0, 0.05) is 12.1 Å². The van der Waals surface area contributed by atoms with E-state index in [0.29, 0.717) is 6.04 Å². The van der Waals surface area contributed by atoms with Crippen molar-refractivity contribution >= 4 is 5.97 Å². The molecule has 1 saturated carbocycles. The lowest BCUT2D eigenvalue weighted by Crippen LogP contribution is -2.47. The smallest absolute Gasteiger partial charge is 0.308 e. The number of hydrogen-bond donors (Lipinski definition) is 1. The SMILES string of the molecule is C[C@@H]1[C@@H](C(=O)O)CCCCN1C1CCCCC1. The van der Waals surface area contributed by atoms with E-state index in [4.69, 9.17) is 0 Å². The van der Waals surface area contributed by atoms with Crippen LogP contribution in [0.5, 0.6) is 0 Å². The van der Waals surface area contributed by atoms with Gasteiger partial charge in [0.15, 0.2) is 0 Å². The molecule has 0 amide bonds. The molecule has 2 aliphatic rings. The lowest BCUT2D eigenvalue weighted by molar-refractivity contribution is -0.144. The number of carboxylic acids is 1. The lowest BCUT2D eigenvalue weighted by atomic mass is 9.90. The third kappa shape index (κ3) is 3.01. The van der Waals surface area contributed by atoms with Gasteiger partial charge in [-0.25, -0.2) is 0 Å². The van der Waals surface area contributed by atoms with Gasteiger partial charge in [0.05, 0.1) is 5.92 Å². The van der Waals surface area contributed by atoms with Gasteiger partial charge in [-0.15, -0.1) is 0 Å². The first kappa shape index (κ1) is 12.9. The Labute approximate surface area is 104 Å². The highest BCUT2D eigenvalue weighted by atomic mass is 16.4. The molecule has 0 bridgehead atoms. The Bertz CT molecular complexity index is 261. The van der Waals surface area contributed by atoms with Gasteiger partial charge >= 0.3 is 5.97 Å². The van der Waals surface area contributed by atoms with E-state index in [0.717, 1.165) is 19.4 Å². The number of hydrogen-bond acceptors (Lipinski definition) is 2. The first-order valence-electron chi connectivity index (χ1n) is 7.18. The average Bonchev–Trinajstić information content (AvgIpc) is 2.52. The van der Waals surface area contributed by atoms with Gasteiger partial charge in [-0.3, -0.25) is 9.69 Å². The van der Waals surface area contributed by atoms with Crippen LogP contribution in [-0.4, -0.2) is 34.6 Å². The molecule has 98 valence electrons. The number of carboxylic acid groups (broad SMARTS) is 1. The van der Waals surface area contributed by atoms with Gasteiger partial charge in [-0.05, 0) is 39.2 Å². The summed E-state index contributed by atoms with van der Waals surface area (Å²) in [6.45, 7) is 3.23. The standard InChI is InChI=1S/C14H25NO2/c1-11-13(14(16)17)9-5-6-10-15(11)12-7-3-2-4-8-12/h11-13H,2-10H2,1H3,(H,16,17)/t11-,13+/m1/s1. The van der Waals surface area contributed by atoms with E-state index in [1.807, 2.05) is 0 Å². The zero-order valence-corrected chi connectivity index (χ0v) is 10.9. The van der Waals surface area contributed by atoms with Gasteiger partial charge in [-0.1, -0.05) is 25.7 Å². The van der Waals surface area contributed by atoms with Crippen LogP contribution in [0, 0.1) is 5.92 Å². The minimum Gasteiger partial charge on any atom is -0.481 e. The predicted molar refractivity (Wildman–Crippen MR) is 68.0 cm³/mol. The molecule has 3 nitrogen and oxygen atoms in total. The monoisotopic (exact) mass is 239 g/mol. The van der Waals surface area contributed by atoms with E-state index in [9.17, 15) is 9.90 Å². The van der Waals surface area contributed by atoms with Crippen LogP contribution in [0.2, 0.25) is 0 Å². The minimum absolute atomic E-state index is 0.153. The van der Waals surface area contributed by atoms with Crippen LogP contribution in [-0.2, 0) is 4.79 Å². The number of likely N-dealkylation sites (tertiary alicyclic amines) is 1. The van der Waals surface area contributed by atoms with Crippen molar-refractivity contribution in [3.8, 4) is 0 Å². The van der Waals surface area contributed by atoms with E-state index in [1.54, 1.807) is 0 Å². The first-order valence-corrected chi connectivity index (χ1v) is 7.18. The van der Waals surface area contributed by atoms with Crippen molar-refractivity contribution in [2.75, 3.05) is 6.54 Å². The Morgan fingerprint density at radius 3 is 2.35 bits per heavy atom. The maximum absolute atomic E-state index is 11.3. The fourth-order valence-corrected chi connectivity index (χ4v) is 3.59. The first-order chi connectivity index (χ1) is 8.20. The molecule has 0 aromatic carbocycles. The molecule has 1 saturated heterocycles. The molecule has 1 heterocycles. The topological polar surface area (TPSA) is 40.5 Å².